The van der Waals surface area contributed by atoms with Crippen molar-refractivity contribution in [2.75, 3.05) is 12.8 Å². The van der Waals surface area contributed by atoms with Crippen LogP contribution in [0.1, 0.15) is 50.0 Å². The van der Waals surface area contributed by atoms with Crippen molar-refractivity contribution in [2.24, 2.45) is 0 Å². The van der Waals surface area contributed by atoms with E-state index < -0.39 is 5.60 Å². The van der Waals surface area contributed by atoms with Crippen molar-refractivity contribution < 1.29 is 9.52 Å². The third-order valence-electron chi connectivity index (χ3n) is 3.79. The van der Waals surface area contributed by atoms with E-state index in [0.29, 0.717) is 13.1 Å². The predicted molar refractivity (Wildman–Crippen MR) is 80.3 cm³/mol. The summed E-state index contributed by atoms with van der Waals surface area (Å²) in [6, 6.07) is 4.06. The van der Waals surface area contributed by atoms with Gasteiger partial charge in [0.2, 0.25) is 0 Å². The van der Waals surface area contributed by atoms with Crippen LogP contribution in [-0.4, -0.2) is 23.5 Å². The Hall–Kier alpha value is -0.450. The van der Waals surface area contributed by atoms with E-state index in [4.69, 9.17) is 4.42 Å². The van der Waals surface area contributed by atoms with Crippen LogP contribution in [0.3, 0.4) is 0 Å². The van der Waals surface area contributed by atoms with E-state index in [9.17, 15) is 5.11 Å². The fourth-order valence-corrected chi connectivity index (χ4v) is 3.16. The van der Waals surface area contributed by atoms with Crippen LogP contribution in [0.15, 0.2) is 16.5 Å². The molecule has 0 aromatic carbocycles. The lowest BCUT2D eigenvalue weighted by atomic mass is 9.94. The molecule has 2 rings (SSSR count). The van der Waals surface area contributed by atoms with Gasteiger partial charge in [-0.3, -0.25) is 0 Å². The highest BCUT2D eigenvalue weighted by Gasteiger charge is 2.27. The van der Waals surface area contributed by atoms with Gasteiger partial charge in [0.05, 0.1) is 17.9 Å². The summed E-state index contributed by atoms with van der Waals surface area (Å²) in [5, 5.41) is 13.9. The van der Waals surface area contributed by atoms with Crippen LogP contribution >= 0.6 is 11.8 Å². The summed E-state index contributed by atoms with van der Waals surface area (Å²) in [6.45, 7) is 1.38. The maximum Gasteiger partial charge on any atom is 0.118 e. The molecular weight excluding hydrogens is 258 g/mol. The molecule has 1 aliphatic rings. The van der Waals surface area contributed by atoms with Crippen LogP contribution in [0.4, 0.5) is 0 Å². The Bertz CT molecular complexity index is 370. The van der Waals surface area contributed by atoms with E-state index in [1.165, 1.54) is 12.8 Å². The largest absolute Gasteiger partial charge is 0.464 e. The number of thioether (sulfide) groups is 1. The number of furan rings is 1. The van der Waals surface area contributed by atoms with Gasteiger partial charge in [0, 0.05) is 6.54 Å². The van der Waals surface area contributed by atoms with Crippen molar-refractivity contribution in [1.82, 2.24) is 5.32 Å². The van der Waals surface area contributed by atoms with Crippen molar-refractivity contribution in [3.05, 3.63) is 23.7 Å². The molecule has 0 amide bonds. The summed E-state index contributed by atoms with van der Waals surface area (Å²) in [6.07, 6.45) is 8.75. The Morgan fingerprint density at radius 2 is 1.89 bits per heavy atom. The molecule has 0 aliphatic heterocycles. The molecule has 1 aromatic rings. The second-order valence-corrected chi connectivity index (χ2v) is 6.41. The predicted octanol–water partition coefficient (Wildman–Crippen LogP) is 3.32. The molecule has 0 bridgehead atoms. The zero-order chi connectivity index (χ0) is 13.6. The number of aliphatic hydroxyl groups is 1. The average Bonchev–Trinajstić information content (AvgIpc) is 2.71. The summed E-state index contributed by atoms with van der Waals surface area (Å²) in [5.41, 5.74) is -0.509. The average molecular weight is 283 g/mol. The summed E-state index contributed by atoms with van der Waals surface area (Å²) >= 11 is 1.76. The second-order valence-electron chi connectivity index (χ2n) is 5.54. The van der Waals surface area contributed by atoms with Crippen LogP contribution in [0.25, 0.3) is 0 Å². The van der Waals surface area contributed by atoms with Gasteiger partial charge in [-0.25, -0.2) is 0 Å². The molecular formula is C15H25NO2S. The monoisotopic (exact) mass is 283 g/mol. The first-order valence-corrected chi connectivity index (χ1v) is 8.61. The Balaban J connectivity index is 1.75. The van der Waals surface area contributed by atoms with Gasteiger partial charge < -0.3 is 14.8 Å². The number of rotatable bonds is 6. The third kappa shape index (κ3) is 4.86. The molecule has 0 atom stereocenters. The van der Waals surface area contributed by atoms with Gasteiger partial charge in [-0.1, -0.05) is 25.7 Å². The molecule has 1 heterocycles. The van der Waals surface area contributed by atoms with Gasteiger partial charge in [0.15, 0.2) is 0 Å². The standard InChI is InChI=1S/C15H25NO2S/c1-19-11-14-7-6-13(18-14)10-16-12-15(17)8-4-2-3-5-9-15/h6-7,16-17H,2-5,8-12H2,1H3. The van der Waals surface area contributed by atoms with E-state index in [2.05, 4.69) is 11.6 Å². The highest BCUT2D eigenvalue weighted by atomic mass is 32.2. The second kappa shape index (κ2) is 7.36. The highest BCUT2D eigenvalue weighted by molar-refractivity contribution is 7.97. The maximum atomic E-state index is 10.5. The lowest BCUT2D eigenvalue weighted by Gasteiger charge is -2.26. The SMILES string of the molecule is CSCc1ccc(CNCC2(O)CCCCCC2)o1. The number of hydrogen-bond acceptors (Lipinski definition) is 4. The molecule has 1 aliphatic carbocycles. The maximum absolute atomic E-state index is 10.5. The smallest absolute Gasteiger partial charge is 0.118 e. The molecule has 2 N–H and O–H groups in total. The Kier molecular flexibility index (Phi) is 5.79. The van der Waals surface area contributed by atoms with Crippen LogP contribution < -0.4 is 5.32 Å². The molecule has 1 saturated carbocycles. The molecule has 0 saturated heterocycles. The molecule has 19 heavy (non-hydrogen) atoms. The summed E-state index contributed by atoms with van der Waals surface area (Å²) in [7, 11) is 0. The van der Waals surface area contributed by atoms with Crippen molar-refractivity contribution in [3.63, 3.8) is 0 Å². The van der Waals surface area contributed by atoms with Gasteiger partial charge >= 0.3 is 0 Å². The molecule has 0 radical (unpaired) electrons. The van der Waals surface area contributed by atoms with Crippen LogP contribution in [0.2, 0.25) is 0 Å². The fourth-order valence-electron chi connectivity index (χ4n) is 2.72. The van der Waals surface area contributed by atoms with E-state index in [-0.39, 0.29) is 0 Å². The molecule has 1 aromatic heterocycles. The van der Waals surface area contributed by atoms with Gasteiger partial charge in [-0.15, -0.1) is 0 Å². The molecule has 108 valence electrons. The minimum Gasteiger partial charge on any atom is -0.464 e. The minimum absolute atomic E-state index is 0.509. The van der Waals surface area contributed by atoms with Crippen molar-refractivity contribution in [3.8, 4) is 0 Å². The lowest BCUT2D eigenvalue weighted by molar-refractivity contribution is 0.0247. The molecule has 3 nitrogen and oxygen atoms in total. The van der Waals surface area contributed by atoms with E-state index in [1.807, 2.05) is 12.1 Å². The van der Waals surface area contributed by atoms with Crippen molar-refractivity contribution >= 4 is 11.8 Å². The van der Waals surface area contributed by atoms with E-state index in [1.54, 1.807) is 11.8 Å². The number of hydrogen-bond donors (Lipinski definition) is 2. The molecule has 0 spiro atoms. The first kappa shape index (κ1) is 14.9. The quantitative estimate of drug-likeness (QED) is 0.786. The van der Waals surface area contributed by atoms with Crippen molar-refractivity contribution in [1.29, 1.82) is 0 Å². The van der Waals surface area contributed by atoms with Gasteiger partial charge in [0.1, 0.15) is 11.5 Å². The van der Waals surface area contributed by atoms with Gasteiger partial charge in [-0.2, -0.15) is 11.8 Å². The highest BCUT2D eigenvalue weighted by Crippen LogP contribution is 2.26. The molecule has 1 fully saturated rings. The van der Waals surface area contributed by atoms with Crippen LogP contribution in [0.5, 0.6) is 0 Å². The topological polar surface area (TPSA) is 45.4 Å². The summed E-state index contributed by atoms with van der Waals surface area (Å²) < 4.78 is 5.71. The van der Waals surface area contributed by atoms with E-state index in [0.717, 1.165) is 43.0 Å². The summed E-state index contributed by atoms with van der Waals surface area (Å²) in [5.74, 6) is 2.91. The summed E-state index contributed by atoms with van der Waals surface area (Å²) in [4.78, 5) is 0. The normalized spacial score (nSPS) is 19.3. The first-order chi connectivity index (χ1) is 9.22. The zero-order valence-electron chi connectivity index (χ0n) is 11.8. The Labute approximate surface area is 120 Å². The third-order valence-corrected chi connectivity index (χ3v) is 4.36. The van der Waals surface area contributed by atoms with Crippen LogP contribution in [-0.2, 0) is 12.3 Å². The van der Waals surface area contributed by atoms with Crippen LogP contribution in [0, 0.1) is 0 Å². The Morgan fingerprint density at radius 1 is 1.21 bits per heavy atom. The lowest BCUT2D eigenvalue weighted by Crippen LogP contribution is -2.39. The first-order valence-electron chi connectivity index (χ1n) is 7.21. The van der Waals surface area contributed by atoms with Gasteiger partial charge in [-0.05, 0) is 31.2 Å². The molecule has 0 unspecified atom stereocenters. The fraction of sp³-hybridized carbons (Fsp3) is 0.733. The van der Waals surface area contributed by atoms with Gasteiger partial charge in [0.25, 0.3) is 0 Å². The zero-order valence-corrected chi connectivity index (χ0v) is 12.6. The number of nitrogens with one attached hydrogen (secondary N) is 1. The van der Waals surface area contributed by atoms with E-state index >= 15 is 0 Å². The molecule has 4 heteroatoms. The van der Waals surface area contributed by atoms with Crippen molar-refractivity contribution in [2.45, 2.75) is 56.4 Å². The minimum atomic E-state index is -0.509. The Morgan fingerprint density at radius 3 is 2.58 bits per heavy atom.